The van der Waals surface area contributed by atoms with Crippen molar-refractivity contribution in [3.8, 4) is 0 Å². The highest BCUT2D eigenvalue weighted by Gasteiger charge is 2.38. The third-order valence-corrected chi connectivity index (χ3v) is 5.19. The summed E-state index contributed by atoms with van der Waals surface area (Å²) < 4.78 is 0. The number of hydrogen-bond acceptors (Lipinski definition) is 4. The fraction of sp³-hybridized carbons (Fsp3) is 0.111. The minimum Gasteiger partial charge on any atom is -0.364 e. The first-order valence-electron chi connectivity index (χ1n) is 7.26. The van der Waals surface area contributed by atoms with Crippen molar-refractivity contribution in [2.24, 2.45) is 0 Å². The summed E-state index contributed by atoms with van der Waals surface area (Å²) in [4.78, 5) is 29.1. The Morgan fingerprint density at radius 3 is 2.09 bits per heavy atom. The molecule has 2 aromatic rings. The van der Waals surface area contributed by atoms with E-state index in [1.165, 1.54) is 11.8 Å². The van der Waals surface area contributed by atoms with Crippen molar-refractivity contribution in [1.29, 1.82) is 0 Å². The van der Waals surface area contributed by atoms with E-state index >= 15 is 0 Å². The maximum atomic E-state index is 12.9. The monoisotopic (exact) mass is 341 g/mol. The Morgan fingerprint density at radius 1 is 0.870 bits per heavy atom. The molecule has 5 heteroatoms. The van der Waals surface area contributed by atoms with Gasteiger partial charge in [0.1, 0.15) is 5.70 Å². The van der Waals surface area contributed by atoms with Crippen LogP contribution in [0, 0.1) is 0 Å². The summed E-state index contributed by atoms with van der Waals surface area (Å²) in [5.41, 5.74) is 1.52. The minimum absolute atomic E-state index is 0.0610. The molecule has 0 unspecified atom stereocenters. The van der Waals surface area contributed by atoms with Crippen LogP contribution < -0.4 is 0 Å². The van der Waals surface area contributed by atoms with E-state index in [1.807, 2.05) is 17.0 Å². The normalized spacial score (nSPS) is 16.7. The molecule has 1 aliphatic carbocycles. The highest BCUT2D eigenvalue weighted by molar-refractivity contribution is 8.04. The van der Waals surface area contributed by atoms with Gasteiger partial charge in [-0.05, 0) is 24.3 Å². The van der Waals surface area contributed by atoms with E-state index in [-0.39, 0.29) is 11.6 Å². The van der Waals surface area contributed by atoms with Gasteiger partial charge in [-0.25, -0.2) is 0 Å². The lowest BCUT2D eigenvalue weighted by molar-refractivity contribution is 0.0967. The van der Waals surface area contributed by atoms with Gasteiger partial charge in [-0.2, -0.15) is 0 Å². The molecule has 3 nitrogen and oxygen atoms in total. The molecular weight excluding hydrogens is 330 g/mol. The molecule has 4 rings (SSSR count). The number of nitrogens with zero attached hydrogens (tertiary/aromatic N) is 1. The summed E-state index contributed by atoms with van der Waals surface area (Å²) in [7, 11) is 0. The molecule has 0 N–H and O–H groups in total. The third kappa shape index (κ3) is 2.58. The number of carbonyl (C=O) groups is 2. The summed E-state index contributed by atoms with van der Waals surface area (Å²) in [5, 5.41) is 0.644. The predicted molar refractivity (Wildman–Crippen MR) is 91.0 cm³/mol. The van der Waals surface area contributed by atoms with E-state index in [1.54, 1.807) is 36.4 Å². The first-order valence-corrected chi connectivity index (χ1v) is 8.45. The first-order chi connectivity index (χ1) is 11.1. The first kappa shape index (κ1) is 14.5. The molecule has 0 atom stereocenters. The van der Waals surface area contributed by atoms with Crippen LogP contribution in [-0.4, -0.2) is 29.6 Å². The van der Waals surface area contributed by atoms with E-state index in [2.05, 4.69) is 0 Å². The molecule has 0 aromatic heterocycles. The van der Waals surface area contributed by atoms with Gasteiger partial charge in [-0.1, -0.05) is 47.6 Å². The minimum atomic E-state index is -0.0814. The van der Waals surface area contributed by atoms with Crippen LogP contribution in [0.5, 0.6) is 0 Å². The van der Waals surface area contributed by atoms with Crippen molar-refractivity contribution in [3.63, 3.8) is 0 Å². The standard InChI is InChI=1S/C18H12ClNO2S/c19-11-5-7-12(8-6-11)23-18-15(20-9-10-20)16(21)13-3-1-2-4-14(13)17(18)22/h1-8H,9-10H2. The maximum Gasteiger partial charge on any atom is 0.211 e. The van der Waals surface area contributed by atoms with Crippen molar-refractivity contribution in [3.05, 3.63) is 75.3 Å². The van der Waals surface area contributed by atoms with E-state index in [0.29, 0.717) is 26.8 Å². The van der Waals surface area contributed by atoms with Gasteiger partial charge in [0.25, 0.3) is 0 Å². The zero-order valence-electron chi connectivity index (χ0n) is 12.1. The number of halogens is 1. The van der Waals surface area contributed by atoms with Gasteiger partial charge in [-0.3, -0.25) is 9.59 Å². The maximum absolute atomic E-state index is 12.9. The summed E-state index contributed by atoms with van der Waals surface area (Å²) in [6.45, 7) is 1.64. The second-order valence-corrected chi connectivity index (χ2v) is 6.94. The van der Waals surface area contributed by atoms with Crippen molar-refractivity contribution < 1.29 is 9.59 Å². The average molecular weight is 342 g/mol. The number of hydrogen-bond donors (Lipinski definition) is 0. The molecule has 1 aliphatic heterocycles. The Kier molecular flexibility index (Phi) is 3.51. The second-order valence-electron chi connectivity index (χ2n) is 5.42. The van der Waals surface area contributed by atoms with Crippen molar-refractivity contribution >= 4 is 34.9 Å². The number of carbonyl (C=O) groups excluding carboxylic acids is 2. The van der Waals surface area contributed by atoms with Gasteiger partial charge >= 0.3 is 0 Å². The highest BCUT2D eigenvalue weighted by Crippen LogP contribution is 2.39. The van der Waals surface area contributed by atoms with Crippen molar-refractivity contribution in [1.82, 2.24) is 4.90 Å². The second kappa shape index (κ2) is 5.55. The van der Waals surface area contributed by atoms with E-state index in [0.717, 1.165) is 18.0 Å². The number of benzene rings is 2. The van der Waals surface area contributed by atoms with Gasteiger partial charge in [0.2, 0.25) is 11.6 Å². The Morgan fingerprint density at radius 2 is 1.48 bits per heavy atom. The number of ketones is 2. The molecule has 0 spiro atoms. The van der Waals surface area contributed by atoms with Crippen LogP contribution in [0.15, 0.2) is 64.0 Å². The number of Topliss-reactive ketones (excluding diaryl/α,β-unsaturated/α-hetero) is 2. The molecule has 2 aromatic carbocycles. The van der Waals surface area contributed by atoms with E-state index in [4.69, 9.17) is 11.6 Å². The third-order valence-electron chi connectivity index (χ3n) is 3.85. The van der Waals surface area contributed by atoms with Gasteiger partial charge < -0.3 is 4.90 Å². The lowest BCUT2D eigenvalue weighted by Crippen LogP contribution is -2.24. The van der Waals surface area contributed by atoms with E-state index in [9.17, 15) is 9.59 Å². The van der Waals surface area contributed by atoms with Gasteiger partial charge in [0, 0.05) is 34.1 Å². The van der Waals surface area contributed by atoms with Gasteiger partial charge in [-0.15, -0.1) is 0 Å². The van der Waals surface area contributed by atoms with Crippen LogP contribution in [0.3, 0.4) is 0 Å². The number of thioether (sulfide) groups is 1. The molecule has 1 fully saturated rings. The molecule has 1 saturated heterocycles. The van der Waals surface area contributed by atoms with Crippen LogP contribution in [0.2, 0.25) is 5.02 Å². The lowest BCUT2D eigenvalue weighted by Gasteiger charge is -2.21. The molecule has 0 bridgehead atoms. The quantitative estimate of drug-likeness (QED) is 0.790. The SMILES string of the molecule is O=C1C(Sc2ccc(Cl)cc2)=C(N2CC2)C(=O)c2ccccc21. The lowest BCUT2D eigenvalue weighted by atomic mass is 9.92. The molecule has 0 radical (unpaired) electrons. The fourth-order valence-electron chi connectivity index (χ4n) is 2.62. The molecule has 1 heterocycles. The summed E-state index contributed by atoms with van der Waals surface area (Å²) in [6, 6.07) is 14.3. The number of fused-ring (bicyclic) bond motifs is 1. The zero-order chi connectivity index (χ0) is 16.0. The molecule has 114 valence electrons. The van der Waals surface area contributed by atoms with Crippen LogP contribution in [0.4, 0.5) is 0 Å². The largest absolute Gasteiger partial charge is 0.364 e. The van der Waals surface area contributed by atoms with Crippen LogP contribution in [0.25, 0.3) is 0 Å². The van der Waals surface area contributed by atoms with E-state index < -0.39 is 0 Å². The molecule has 0 saturated carbocycles. The van der Waals surface area contributed by atoms with Gasteiger partial charge in [0.05, 0.1) is 4.91 Å². The Bertz CT molecular complexity index is 854. The van der Waals surface area contributed by atoms with Crippen molar-refractivity contribution in [2.75, 3.05) is 13.1 Å². The molecule has 0 amide bonds. The van der Waals surface area contributed by atoms with Crippen LogP contribution >= 0.6 is 23.4 Å². The number of allylic oxidation sites excluding steroid dienone is 2. The highest BCUT2D eigenvalue weighted by atomic mass is 35.5. The Hall–Kier alpha value is -2.04. The Labute approximate surface area is 142 Å². The smallest absolute Gasteiger partial charge is 0.211 e. The summed E-state index contributed by atoms with van der Waals surface area (Å²) >= 11 is 7.25. The predicted octanol–water partition coefficient (Wildman–Crippen LogP) is 4.04. The summed E-state index contributed by atoms with van der Waals surface area (Å²) in [6.07, 6.45) is 0. The molecular formula is C18H12ClNO2S. The summed E-state index contributed by atoms with van der Waals surface area (Å²) in [5.74, 6) is -0.142. The molecule has 2 aliphatic rings. The molecule has 23 heavy (non-hydrogen) atoms. The number of rotatable bonds is 3. The topological polar surface area (TPSA) is 37.1 Å². The Balaban J connectivity index is 1.81. The van der Waals surface area contributed by atoms with Crippen LogP contribution in [0.1, 0.15) is 20.7 Å². The van der Waals surface area contributed by atoms with Crippen molar-refractivity contribution in [2.45, 2.75) is 4.90 Å². The average Bonchev–Trinajstić information content (AvgIpc) is 3.39. The fourth-order valence-corrected chi connectivity index (χ4v) is 3.77. The van der Waals surface area contributed by atoms with Gasteiger partial charge in [0.15, 0.2) is 0 Å². The zero-order valence-corrected chi connectivity index (χ0v) is 13.7. The van der Waals surface area contributed by atoms with Crippen LogP contribution in [-0.2, 0) is 0 Å².